The third kappa shape index (κ3) is 4.89. The molecule has 106 valence electrons. The molecule has 21 heavy (non-hydrogen) atoms. The first kappa shape index (κ1) is 15.0. The minimum absolute atomic E-state index is 0.0690. The van der Waals surface area contributed by atoms with E-state index in [9.17, 15) is 0 Å². The zero-order chi connectivity index (χ0) is 15.1. The van der Waals surface area contributed by atoms with Crippen LogP contribution in [0.3, 0.4) is 0 Å². The Labute approximate surface area is 132 Å². The van der Waals surface area contributed by atoms with Gasteiger partial charge in [0.15, 0.2) is 0 Å². The molecular formula is C16H15BrN4. The first-order valence-electron chi connectivity index (χ1n) is 6.31. The number of hydrogen-bond acceptors (Lipinski definition) is 2. The van der Waals surface area contributed by atoms with Gasteiger partial charge < -0.3 is 11.5 Å². The predicted molar refractivity (Wildman–Crippen MR) is 92.0 cm³/mol. The zero-order valence-electron chi connectivity index (χ0n) is 11.3. The highest BCUT2D eigenvalue weighted by Gasteiger charge is 1.99. The molecule has 0 aromatic heterocycles. The van der Waals surface area contributed by atoms with Gasteiger partial charge in [0, 0.05) is 10.0 Å². The second-order valence-corrected chi connectivity index (χ2v) is 5.18. The van der Waals surface area contributed by atoms with Crippen molar-refractivity contribution < 1.29 is 0 Å². The molecule has 2 aromatic carbocycles. The Morgan fingerprint density at radius 1 is 0.905 bits per heavy atom. The molecule has 5 heteroatoms. The maximum Gasteiger partial charge on any atom is 0.211 e. The number of nitrogens with zero attached hydrogens (tertiary/aromatic N) is 2. The Kier molecular flexibility index (Phi) is 5.29. The number of hydrogen-bond donors (Lipinski definition) is 2. The summed E-state index contributed by atoms with van der Waals surface area (Å²) in [6.45, 7) is 0. The van der Waals surface area contributed by atoms with Gasteiger partial charge in [0.1, 0.15) is 0 Å². The molecule has 0 spiro atoms. The lowest BCUT2D eigenvalue weighted by molar-refractivity contribution is 1.20. The average molecular weight is 343 g/mol. The van der Waals surface area contributed by atoms with E-state index >= 15 is 0 Å². The molecule has 0 amide bonds. The van der Waals surface area contributed by atoms with Gasteiger partial charge in [0.05, 0.1) is 5.71 Å². The van der Waals surface area contributed by atoms with Crippen molar-refractivity contribution in [3.8, 4) is 0 Å². The van der Waals surface area contributed by atoms with Gasteiger partial charge in [-0.05, 0) is 23.8 Å². The van der Waals surface area contributed by atoms with Crippen LogP contribution in [0.4, 0.5) is 0 Å². The summed E-state index contributed by atoms with van der Waals surface area (Å²) in [5.74, 6) is -0.0690. The van der Waals surface area contributed by atoms with Crippen molar-refractivity contribution >= 4 is 33.7 Å². The number of rotatable bonds is 4. The predicted octanol–water partition coefficient (Wildman–Crippen LogP) is 3.14. The van der Waals surface area contributed by atoms with Gasteiger partial charge in [-0.2, -0.15) is 0 Å². The average Bonchev–Trinajstić information content (AvgIpc) is 2.50. The Hall–Kier alpha value is -2.40. The number of benzene rings is 2. The van der Waals surface area contributed by atoms with Crippen LogP contribution in [-0.4, -0.2) is 11.7 Å². The summed E-state index contributed by atoms with van der Waals surface area (Å²) in [5.41, 5.74) is 13.4. The first-order chi connectivity index (χ1) is 10.1. The quantitative estimate of drug-likeness (QED) is 0.508. The molecule has 2 aromatic rings. The van der Waals surface area contributed by atoms with Gasteiger partial charge in [0.25, 0.3) is 0 Å². The fourth-order valence-corrected chi connectivity index (χ4v) is 1.92. The Morgan fingerprint density at radius 2 is 1.57 bits per heavy atom. The summed E-state index contributed by atoms with van der Waals surface area (Å²) in [4.78, 5) is 0. The molecule has 4 N–H and O–H groups in total. The molecule has 0 unspecified atom stereocenters. The van der Waals surface area contributed by atoms with Crippen LogP contribution in [0.25, 0.3) is 6.08 Å². The highest BCUT2D eigenvalue weighted by molar-refractivity contribution is 9.10. The van der Waals surface area contributed by atoms with Crippen LogP contribution >= 0.6 is 15.9 Å². The number of allylic oxidation sites excluding steroid dienone is 1. The monoisotopic (exact) mass is 342 g/mol. The minimum atomic E-state index is -0.0690. The van der Waals surface area contributed by atoms with Crippen LogP contribution < -0.4 is 11.5 Å². The second kappa shape index (κ2) is 7.40. The molecule has 0 atom stereocenters. The van der Waals surface area contributed by atoms with Gasteiger partial charge >= 0.3 is 0 Å². The third-order valence-electron chi connectivity index (χ3n) is 2.65. The molecule has 0 aliphatic carbocycles. The minimum Gasteiger partial charge on any atom is -0.369 e. The van der Waals surface area contributed by atoms with Crippen molar-refractivity contribution in [1.82, 2.24) is 0 Å². The van der Waals surface area contributed by atoms with E-state index in [0.29, 0.717) is 5.71 Å². The summed E-state index contributed by atoms with van der Waals surface area (Å²) in [6, 6.07) is 17.7. The van der Waals surface area contributed by atoms with Crippen molar-refractivity contribution in [3.63, 3.8) is 0 Å². The maximum absolute atomic E-state index is 5.33. The molecule has 0 aliphatic heterocycles. The van der Waals surface area contributed by atoms with Crippen molar-refractivity contribution in [2.45, 2.75) is 0 Å². The molecule has 0 heterocycles. The number of halogens is 1. The van der Waals surface area contributed by atoms with E-state index in [-0.39, 0.29) is 5.96 Å². The van der Waals surface area contributed by atoms with E-state index in [1.54, 1.807) is 0 Å². The summed E-state index contributed by atoms with van der Waals surface area (Å²) in [6.07, 6.45) is 3.84. The molecular weight excluding hydrogens is 328 g/mol. The Balaban J connectivity index is 2.30. The van der Waals surface area contributed by atoms with Crippen LogP contribution in [0.1, 0.15) is 11.1 Å². The van der Waals surface area contributed by atoms with Crippen LogP contribution in [-0.2, 0) is 0 Å². The summed E-state index contributed by atoms with van der Waals surface area (Å²) in [5, 5.41) is 7.81. The zero-order valence-corrected chi connectivity index (χ0v) is 12.9. The smallest absolute Gasteiger partial charge is 0.211 e. The highest BCUT2D eigenvalue weighted by Crippen LogP contribution is 2.12. The lowest BCUT2D eigenvalue weighted by atomic mass is 10.1. The van der Waals surface area contributed by atoms with Crippen LogP contribution in [0.2, 0.25) is 0 Å². The number of nitrogens with two attached hydrogens (primary N) is 2. The Morgan fingerprint density at radius 3 is 2.19 bits per heavy atom. The van der Waals surface area contributed by atoms with Crippen LogP contribution in [0.15, 0.2) is 75.3 Å². The molecule has 0 saturated carbocycles. The Bertz CT molecular complexity index is 669. The van der Waals surface area contributed by atoms with Gasteiger partial charge in [-0.15, -0.1) is 10.2 Å². The number of guanidine groups is 1. The van der Waals surface area contributed by atoms with Gasteiger partial charge in [-0.25, -0.2) is 0 Å². The standard InChI is InChI=1S/C16H15BrN4/c17-14-9-6-12(7-10-14)8-11-15(20-21-16(18)19)13-4-2-1-3-5-13/h1-11H,(H4,18,19,21)/b11-8+,20-15-. The molecule has 2 rings (SSSR count). The van der Waals surface area contributed by atoms with Gasteiger partial charge in [-0.1, -0.05) is 64.5 Å². The molecule has 0 saturated heterocycles. The first-order valence-corrected chi connectivity index (χ1v) is 7.10. The topological polar surface area (TPSA) is 76.8 Å². The summed E-state index contributed by atoms with van der Waals surface area (Å²) < 4.78 is 1.04. The molecule has 0 bridgehead atoms. The van der Waals surface area contributed by atoms with Crippen molar-refractivity contribution in [3.05, 3.63) is 76.3 Å². The fourth-order valence-electron chi connectivity index (χ4n) is 1.66. The summed E-state index contributed by atoms with van der Waals surface area (Å²) >= 11 is 3.41. The van der Waals surface area contributed by atoms with Crippen LogP contribution in [0, 0.1) is 0 Å². The molecule has 0 aliphatic rings. The fraction of sp³-hybridized carbons (Fsp3) is 0. The van der Waals surface area contributed by atoms with Crippen LogP contribution in [0.5, 0.6) is 0 Å². The van der Waals surface area contributed by atoms with Crippen molar-refractivity contribution in [1.29, 1.82) is 0 Å². The van der Waals surface area contributed by atoms with E-state index in [1.807, 2.05) is 66.7 Å². The SMILES string of the molecule is NC(N)=N/N=C(/C=C/c1ccc(Br)cc1)c1ccccc1. The van der Waals surface area contributed by atoms with E-state index in [4.69, 9.17) is 11.5 Å². The van der Waals surface area contributed by atoms with Crippen molar-refractivity contribution in [2.75, 3.05) is 0 Å². The largest absolute Gasteiger partial charge is 0.369 e. The normalized spacial score (nSPS) is 11.6. The van der Waals surface area contributed by atoms with Gasteiger partial charge in [0.2, 0.25) is 5.96 Å². The third-order valence-corrected chi connectivity index (χ3v) is 3.18. The van der Waals surface area contributed by atoms with Crippen molar-refractivity contribution in [2.24, 2.45) is 21.7 Å². The second-order valence-electron chi connectivity index (χ2n) is 4.26. The highest BCUT2D eigenvalue weighted by atomic mass is 79.9. The van der Waals surface area contributed by atoms with E-state index in [0.717, 1.165) is 15.6 Å². The maximum atomic E-state index is 5.33. The molecule has 4 nitrogen and oxygen atoms in total. The lowest BCUT2D eigenvalue weighted by Gasteiger charge is -2.00. The molecule has 0 fully saturated rings. The lowest BCUT2D eigenvalue weighted by Crippen LogP contribution is -2.22. The van der Waals surface area contributed by atoms with E-state index in [2.05, 4.69) is 26.1 Å². The van der Waals surface area contributed by atoms with Gasteiger partial charge in [-0.3, -0.25) is 0 Å². The van der Waals surface area contributed by atoms with E-state index < -0.39 is 0 Å². The summed E-state index contributed by atoms with van der Waals surface area (Å²) in [7, 11) is 0. The molecule has 0 radical (unpaired) electrons. The van der Waals surface area contributed by atoms with E-state index in [1.165, 1.54) is 0 Å².